The highest BCUT2D eigenvalue weighted by Crippen LogP contribution is 2.49. The van der Waals surface area contributed by atoms with Gasteiger partial charge < -0.3 is 14.2 Å². The van der Waals surface area contributed by atoms with Gasteiger partial charge in [-0.3, -0.25) is 4.79 Å². The van der Waals surface area contributed by atoms with Gasteiger partial charge in [-0.15, -0.1) is 0 Å². The smallest absolute Gasteiger partial charge is 0.306 e. The van der Waals surface area contributed by atoms with Gasteiger partial charge in [0.1, 0.15) is 6.61 Å². The number of carbonyl (C=O) groups excluding carboxylic acids is 1. The third-order valence-corrected chi connectivity index (χ3v) is 3.61. The predicted octanol–water partition coefficient (Wildman–Crippen LogP) is 1.68. The third kappa shape index (κ3) is 6.29. The molecule has 0 unspecified atom stereocenters. The Morgan fingerprint density at radius 3 is 2.59 bits per heavy atom. The van der Waals surface area contributed by atoms with Gasteiger partial charge >= 0.3 is 5.97 Å². The van der Waals surface area contributed by atoms with Crippen molar-refractivity contribution in [1.29, 1.82) is 0 Å². The second-order valence-corrected chi connectivity index (χ2v) is 4.83. The number of thiol groups is 1. The van der Waals surface area contributed by atoms with E-state index in [1.807, 2.05) is 0 Å². The summed E-state index contributed by atoms with van der Waals surface area (Å²) in [6.07, 6.45) is 3.56. The monoisotopic (exact) mass is 262 g/mol. The van der Waals surface area contributed by atoms with Gasteiger partial charge in [-0.25, -0.2) is 0 Å². The zero-order chi connectivity index (χ0) is 12.6. The first-order chi connectivity index (χ1) is 8.22. The Bertz CT molecular complexity index is 229. The maximum absolute atomic E-state index is 11.5. The highest BCUT2D eigenvalue weighted by atomic mass is 32.1. The van der Waals surface area contributed by atoms with E-state index in [1.165, 1.54) is 0 Å². The van der Waals surface area contributed by atoms with E-state index in [9.17, 15) is 4.79 Å². The first-order valence-corrected chi connectivity index (χ1v) is 6.69. The van der Waals surface area contributed by atoms with Gasteiger partial charge in [-0.2, -0.15) is 12.6 Å². The van der Waals surface area contributed by atoms with Crippen molar-refractivity contribution >= 4 is 18.6 Å². The Labute approximate surface area is 108 Å². The number of esters is 1. The molecule has 0 bridgehead atoms. The summed E-state index contributed by atoms with van der Waals surface area (Å²) in [7, 11) is 1.66. The summed E-state index contributed by atoms with van der Waals surface area (Å²) in [6, 6.07) is 0. The number of ether oxygens (including phenoxy) is 3. The van der Waals surface area contributed by atoms with Crippen LogP contribution in [0.2, 0.25) is 0 Å². The Hall–Kier alpha value is -0.260. The third-order valence-electron chi connectivity index (χ3n) is 2.94. The molecule has 0 amide bonds. The van der Waals surface area contributed by atoms with Gasteiger partial charge in [0, 0.05) is 20.3 Å². The van der Waals surface area contributed by atoms with E-state index in [1.54, 1.807) is 7.11 Å². The highest BCUT2D eigenvalue weighted by molar-refractivity contribution is 7.80. The molecule has 1 rings (SSSR count). The van der Waals surface area contributed by atoms with Crippen molar-refractivity contribution in [2.45, 2.75) is 25.7 Å². The van der Waals surface area contributed by atoms with Crippen molar-refractivity contribution in [2.24, 2.45) is 5.41 Å². The van der Waals surface area contributed by atoms with E-state index in [2.05, 4.69) is 12.6 Å². The summed E-state index contributed by atoms with van der Waals surface area (Å²) in [4.78, 5) is 11.5. The first-order valence-electron chi connectivity index (χ1n) is 6.06. The molecule has 0 spiro atoms. The quantitative estimate of drug-likeness (QED) is 0.370. The van der Waals surface area contributed by atoms with Crippen LogP contribution in [0.3, 0.4) is 0 Å². The number of hydrogen-bond acceptors (Lipinski definition) is 5. The molecule has 0 atom stereocenters. The van der Waals surface area contributed by atoms with Crippen LogP contribution < -0.4 is 0 Å². The minimum atomic E-state index is -0.128. The Morgan fingerprint density at radius 1 is 1.24 bits per heavy atom. The lowest BCUT2D eigenvalue weighted by molar-refractivity contribution is -0.146. The molecule has 1 aliphatic carbocycles. The first kappa shape index (κ1) is 14.8. The van der Waals surface area contributed by atoms with Crippen LogP contribution in [0.25, 0.3) is 0 Å². The average Bonchev–Trinajstić information content (AvgIpc) is 3.08. The zero-order valence-corrected chi connectivity index (χ0v) is 11.3. The lowest BCUT2D eigenvalue weighted by atomic mass is 10.1. The van der Waals surface area contributed by atoms with E-state index < -0.39 is 0 Å². The van der Waals surface area contributed by atoms with Gasteiger partial charge in [0.05, 0.1) is 13.0 Å². The number of carbonyl (C=O) groups is 1. The van der Waals surface area contributed by atoms with Crippen LogP contribution in [-0.4, -0.2) is 45.3 Å². The van der Waals surface area contributed by atoms with Crippen LogP contribution in [0, 0.1) is 5.41 Å². The Balaban J connectivity index is 1.90. The van der Waals surface area contributed by atoms with Crippen molar-refractivity contribution in [2.75, 3.05) is 39.3 Å². The maximum Gasteiger partial charge on any atom is 0.306 e. The normalized spacial score (nSPS) is 16.8. The van der Waals surface area contributed by atoms with Gasteiger partial charge in [-0.1, -0.05) is 0 Å². The van der Waals surface area contributed by atoms with Crippen molar-refractivity contribution in [3.63, 3.8) is 0 Å². The molecule has 100 valence electrons. The van der Waals surface area contributed by atoms with Crippen LogP contribution in [0.15, 0.2) is 0 Å². The predicted molar refractivity (Wildman–Crippen MR) is 68.4 cm³/mol. The molecular formula is C12H22O4S. The lowest BCUT2D eigenvalue weighted by Crippen LogP contribution is -2.16. The van der Waals surface area contributed by atoms with Crippen LogP contribution in [0.1, 0.15) is 25.7 Å². The van der Waals surface area contributed by atoms with E-state index in [0.29, 0.717) is 32.8 Å². The molecule has 0 radical (unpaired) electrons. The number of methoxy groups -OCH3 is 1. The van der Waals surface area contributed by atoms with E-state index in [0.717, 1.165) is 25.0 Å². The number of rotatable bonds is 10. The molecule has 0 aromatic carbocycles. The standard InChI is InChI=1S/C12H22O4S/c1-14-5-2-6-15-7-8-16-11(13)9-12(10-17)3-4-12/h17H,2-10H2,1H3. The summed E-state index contributed by atoms with van der Waals surface area (Å²) in [5.74, 6) is 0.646. The van der Waals surface area contributed by atoms with Crippen molar-refractivity contribution in [3.05, 3.63) is 0 Å². The number of hydrogen-bond donors (Lipinski definition) is 1. The minimum Gasteiger partial charge on any atom is -0.463 e. The van der Waals surface area contributed by atoms with Gasteiger partial charge in [0.25, 0.3) is 0 Å². The minimum absolute atomic E-state index is 0.128. The van der Waals surface area contributed by atoms with Crippen LogP contribution in [0.5, 0.6) is 0 Å². The fourth-order valence-corrected chi connectivity index (χ4v) is 1.97. The van der Waals surface area contributed by atoms with Crippen molar-refractivity contribution in [3.8, 4) is 0 Å². The van der Waals surface area contributed by atoms with Gasteiger partial charge in [-0.05, 0) is 30.4 Å². The molecular weight excluding hydrogens is 240 g/mol. The summed E-state index contributed by atoms with van der Waals surface area (Å²) in [6.45, 7) is 2.15. The second kappa shape index (κ2) is 7.95. The maximum atomic E-state index is 11.5. The molecule has 5 heteroatoms. The topological polar surface area (TPSA) is 44.8 Å². The fourth-order valence-electron chi connectivity index (χ4n) is 1.55. The van der Waals surface area contributed by atoms with E-state index in [-0.39, 0.29) is 11.4 Å². The summed E-state index contributed by atoms with van der Waals surface area (Å²) < 4.78 is 15.3. The second-order valence-electron chi connectivity index (χ2n) is 4.51. The molecule has 1 aliphatic rings. The van der Waals surface area contributed by atoms with Gasteiger partial charge in [0.2, 0.25) is 0 Å². The molecule has 0 N–H and O–H groups in total. The van der Waals surface area contributed by atoms with Crippen molar-refractivity contribution < 1.29 is 19.0 Å². The molecule has 1 fully saturated rings. The van der Waals surface area contributed by atoms with Crippen molar-refractivity contribution in [1.82, 2.24) is 0 Å². The zero-order valence-electron chi connectivity index (χ0n) is 10.4. The molecule has 0 saturated heterocycles. The molecule has 4 nitrogen and oxygen atoms in total. The van der Waals surface area contributed by atoms with Crippen LogP contribution >= 0.6 is 12.6 Å². The largest absolute Gasteiger partial charge is 0.463 e. The molecule has 0 aromatic heterocycles. The SMILES string of the molecule is COCCCOCCOC(=O)CC1(CS)CC1. The Kier molecular flexibility index (Phi) is 6.92. The van der Waals surface area contributed by atoms with Crippen LogP contribution in [-0.2, 0) is 19.0 Å². The Morgan fingerprint density at radius 2 is 2.00 bits per heavy atom. The fraction of sp³-hybridized carbons (Fsp3) is 0.917. The van der Waals surface area contributed by atoms with Crippen LogP contribution in [0.4, 0.5) is 0 Å². The van der Waals surface area contributed by atoms with Gasteiger partial charge in [0.15, 0.2) is 0 Å². The summed E-state index contributed by atoms with van der Waals surface area (Å²) in [5.41, 5.74) is 0.138. The highest BCUT2D eigenvalue weighted by Gasteiger charge is 2.43. The summed E-state index contributed by atoms with van der Waals surface area (Å²) in [5, 5.41) is 0. The van der Waals surface area contributed by atoms with E-state index in [4.69, 9.17) is 14.2 Å². The lowest BCUT2D eigenvalue weighted by Gasteiger charge is -2.11. The molecule has 17 heavy (non-hydrogen) atoms. The van der Waals surface area contributed by atoms with E-state index >= 15 is 0 Å². The summed E-state index contributed by atoms with van der Waals surface area (Å²) >= 11 is 4.25. The molecule has 0 heterocycles. The average molecular weight is 262 g/mol. The molecule has 0 aromatic rings. The molecule has 0 aliphatic heterocycles. The molecule has 1 saturated carbocycles.